The number of rotatable bonds is 22. The summed E-state index contributed by atoms with van der Waals surface area (Å²) in [5, 5.41) is 0. The molecule has 0 aliphatic carbocycles. The fraction of sp³-hybridized carbons (Fsp3) is 0.760. The molecular formula is C50H104Cl3N3. The Morgan fingerprint density at radius 1 is 0.304 bits per heavy atom. The fourth-order valence-corrected chi connectivity index (χ4v) is 5.38. The van der Waals surface area contributed by atoms with Crippen LogP contribution >= 0.6 is 0 Å². The third-order valence-electron chi connectivity index (χ3n) is 7.91. The summed E-state index contributed by atoms with van der Waals surface area (Å²) in [6, 6.07) is 21.1. The molecule has 0 fully saturated rings. The van der Waals surface area contributed by atoms with Gasteiger partial charge >= 0.3 is 0 Å². The van der Waals surface area contributed by atoms with Crippen molar-refractivity contribution < 1.29 is 50.7 Å². The van der Waals surface area contributed by atoms with E-state index in [0.29, 0.717) is 0 Å². The Balaban J connectivity index is -0.0000000854. The summed E-state index contributed by atoms with van der Waals surface area (Å²) in [6.45, 7) is 11.3. The molecule has 2 aromatic carbocycles. The van der Waals surface area contributed by atoms with Crippen molar-refractivity contribution in [1.29, 1.82) is 0 Å². The largest absolute Gasteiger partial charge is 1.00 e. The van der Waals surface area contributed by atoms with Gasteiger partial charge in [-0.2, -0.15) is 0 Å². The molecule has 2 rings (SSSR count). The quantitative estimate of drug-likeness (QED) is 0.0973. The molecule has 0 amide bonds. The molecule has 0 heterocycles. The highest BCUT2D eigenvalue weighted by Crippen LogP contribution is 2.11. The Bertz CT molecular complexity index is 823. The molecule has 0 saturated carbocycles. The van der Waals surface area contributed by atoms with Crippen LogP contribution in [0.2, 0.25) is 0 Å². The molecule has 0 N–H and O–H groups in total. The summed E-state index contributed by atoms with van der Waals surface area (Å²) in [4.78, 5) is 0. The molecule has 2 aromatic rings. The van der Waals surface area contributed by atoms with E-state index in [1.54, 1.807) is 0 Å². The zero-order chi connectivity index (χ0) is 39.3. The summed E-state index contributed by atoms with van der Waals surface area (Å²) < 4.78 is 2.98. The minimum atomic E-state index is 0. The molecule has 0 bridgehead atoms. The van der Waals surface area contributed by atoms with Crippen LogP contribution in [-0.2, 0) is 13.1 Å². The number of nitrogens with zero attached hydrogens (tertiary/aromatic N) is 3. The second-order valence-electron chi connectivity index (χ2n) is 18.2. The van der Waals surface area contributed by atoms with Gasteiger partial charge in [-0.3, -0.25) is 0 Å². The first-order chi connectivity index (χ1) is 24.0. The lowest BCUT2D eigenvalue weighted by atomic mass is 10.1. The van der Waals surface area contributed by atoms with Crippen LogP contribution in [0.3, 0.4) is 0 Å². The molecule has 56 heavy (non-hydrogen) atoms. The molecule has 0 radical (unpaired) electrons. The fourth-order valence-electron chi connectivity index (χ4n) is 5.38. The molecule has 0 aliphatic rings. The summed E-state index contributed by atoms with van der Waals surface area (Å²) >= 11 is 0. The van der Waals surface area contributed by atoms with E-state index in [1.807, 2.05) is 0 Å². The first-order valence-corrected chi connectivity index (χ1v) is 21.5. The van der Waals surface area contributed by atoms with Crippen LogP contribution in [0.15, 0.2) is 60.7 Å². The topological polar surface area (TPSA) is 0 Å². The number of benzene rings is 2. The summed E-state index contributed by atoms with van der Waals surface area (Å²) in [5.41, 5.74) is 2.81. The van der Waals surface area contributed by atoms with Crippen LogP contribution in [-0.4, -0.2) is 83.9 Å². The van der Waals surface area contributed by atoms with E-state index < -0.39 is 0 Å². The molecule has 0 saturated heterocycles. The van der Waals surface area contributed by atoms with Crippen LogP contribution < -0.4 is 37.2 Å². The summed E-state index contributed by atoms with van der Waals surface area (Å²) in [7, 11) is 21.7. The summed E-state index contributed by atoms with van der Waals surface area (Å²) in [5.74, 6) is 0. The Morgan fingerprint density at radius 3 is 0.607 bits per heavy atom. The van der Waals surface area contributed by atoms with Gasteiger partial charge in [-0.25, -0.2) is 0 Å². The van der Waals surface area contributed by atoms with Gasteiger partial charge in [-0.05, 0) is 0 Å². The molecule has 0 aliphatic heterocycles. The van der Waals surface area contributed by atoms with Gasteiger partial charge in [-0.1, -0.05) is 232 Å². The van der Waals surface area contributed by atoms with Gasteiger partial charge in [0.15, 0.2) is 0 Å². The normalized spacial score (nSPS) is 10.1. The Kier molecular flexibility index (Phi) is 65.4. The van der Waals surface area contributed by atoms with Crippen LogP contribution in [0.25, 0.3) is 0 Å². The minimum absolute atomic E-state index is 0. The molecule has 3 nitrogen and oxygen atoms in total. The monoisotopic (exact) mass is 852 g/mol. The van der Waals surface area contributed by atoms with Gasteiger partial charge in [0.2, 0.25) is 0 Å². The molecule has 0 unspecified atom stereocenters. The van der Waals surface area contributed by atoms with Gasteiger partial charge in [-0.15, -0.1) is 0 Å². The molecular weight excluding hydrogens is 749 g/mol. The Hall–Kier alpha value is -0.810. The van der Waals surface area contributed by atoms with Gasteiger partial charge < -0.3 is 50.7 Å². The number of unbranched alkanes of at least 4 members (excludes halogenated alkanes) is 18. The maximum atomic E-state index is 2.28. The predicted molar refractivity (Wildman–Crippen MR) is 249 cm³/mol. The van der Waals surface area contributed by atoms with E-state index in [1.165, 1.54) is 140 Å². The van der Waals surface area contributed by atoms with Crippen molar-refractivity contribution in [2.75, 3.05) is 70.5 Å². The zero-order valence-corrected chi connectivity index (χ0v) is 41.1. The zero-order valence-electron chi connectivity index (χ0n) is 38.8. The van der Waals surface area contributed by atoms with Crippen LogP contribution in [0, 0.1) is 0 Å². The lowest BCUT2D eigenvalue weighted by Gasteiger charge is -2.23. The number of hydrogen-bond acceptors (Lipinski definition) is 0. The molecule has 340 valence electrons. The second-order valence-corrected chi connectivity index (χ2v) is 18.2. The van der Waals surface area contributed by atoms with Crippen molar-refractivity contribution in [1.82, 2.24) is 0 Å². The maximum Gasteiger partial charge on any atom is 0.104 e. The first-order valence-electron chi connectivity index (χ1n) is 21.5. The third kappa shape index (κ3) is 77.7. The SMILES string of the molecule is C.C.CCCCCCCCCCCC.CCCCCCCCCCCC.C[N+](C)(C)C.C[N+](C)(C)Cc1ccccc1.C[N+](C)(C)Cc1ccccc1.[Cl-].[Cl-].[Cl-]. The Labute approximate surface area is 375 Å². The van der Waals surface area contributed by atoms with Gasteiger partial charge in [0.05, 0.1) is 70.5 Å². The standard InChI is InChI=1S/2C12H26.2C10H16N.C4H12N.2CH4.3ClH/c2*1-3-5-7-9-11-12-10-8-6-4-2;2*1-11(2,3)9-10-7-5-4-6-8-10;1-5(2,3)4;;;;;/h2*3-12H2,1-2H3;2*4-8H,9H2,1-3H3;1-4H3;2*1H4;3*1H/q;;3*+1;;;;;/p-3. The third-order valence-corrected chi connectivity index (χ3v) is 7.91. The highest BCUT2D eigenvalue weighted by atomic mass is 35.5. The molecule has 6 heteroatoms. The van der Waals surface area contributed by atoms with Gasteiger partial charge in [0, 0.05) is 11.1 Å². The van der Waals surface area contributed by atoms with Crippen LogP contribution in [0.1, 0.15) is 182 Å². The van der Waals surface area contributed by atoms with Gasteiger partial charge in [0.25, 0.3) is 0 Å². The van der Waals surface area contributed by atoms with E-state index in [4.69, 9.17) is 0 Å². The van der Waals surface area contributed by atoms with Crippen molar-refractivity contribution in [3.05, 3.63) is 71.8 Å². The first kappa shape index (κ1) is 72.8. The average Bonchev–Trinajstić information content (AvgIpc) is 3.03. The molecule has 0 aromatic heterocycles. The molecule has 0 atom stereocenters. The highest BCUT2D eigenvalue weighted by molar-refractivity contribution is 5.14. The van der Waals surface area contributed by atoms with Crippen molar-refractivity contribution in [3.8, 4) is 0 Å². The average molecular weight is 854 g/mol. The van der Waals surface area contributed by atoms with E-state index in [0.717, 1.165) is 26.5 Å². The van der Waals surface area contributed by atoms with Crippen molar-refractivity contribution >= 4 is 0 Å². The summed E-state index contributed by atoms with van der Waals surface area (Å²) in [6.07, 6.45) is 28.9. The minimum Gasteiger partial charge on any atom is -1.00 e. The van der Waals surface area contributed by atoms with Crippen molar-refractivity contribution in [2.24, 2.45) is 0 Å². The van der Waals surface area contributed by atoms with Crippen molar-refractivity contribution in [3.63, 3.8) is 0 Å². The van der Waals surface area contributed by atoms with E-state index in [2.05, 4.69) is 159 Å². The number of halogens is 3. The van der Waals surface area contributed by atoms with Crippen molar-refractivity contribution in [2.45, 2.75) is 184 Å². The van der Waals surface area contributed by atoms with E-state index in [9.17, 15) is 0 Å². The van der Waals surface area contributed by atoms with Crippen LogP contribution in [0.4, 0.5) is 0 Å². The van der Waals surface area contributed by atoms with E-state index in [-0.39, 0.29) is 52.1 Å². The Morgan fingerprint density at radius 2 is 0.464 bits per heavy atom. The van der Waals surface area contributed by atoms with E-state index >= 15 is 0 Å². The maximum absolute atomic E-state index is 2.28. The number of hydrogen-bond donors (Lipinski definition) is 0. The lowest BCUT2D eigenvalue weighted by Crippen LogP contribution is -3.00. The van der Waals surface area contributed by atoms with Gasteiger partial charge in [0.1, 0.15) is 13.1 Å². The molecule has 0 spiro atoms. The van der Waals surface area contributed by atoms with Crippen LogP contribution in [0.5, 0.6) is 0 Å². The predicted octanol–water partition coefficient (Wildman–Crippen LogP) is 6.25. The lowest BCUT2D eigenvalue weighted by molar-refractivity contribution is -0.884. The highest BCUT2D eigenvalue weighted by Gasteiger charge is 2.07. The number of quaternary nitrogens is 3. The second kappa shape index (κ2) is 50.3. The smallest absolute Gasteiger partial charge is 0.104 e.